The number of likely N-dealkylation sites (N-methyl/N-ethyl adjacent to an activating group) is 1. The van der Waals surface area contributed by atoms with Crippen LogP contribution < -0.4 is 10.6 Å². The van der Waals surface area contributed by atoms with Crippen molar-refractivity contribution in [3.63, 3.8) is 0 Å². The Hall–Kier alpha value is -0.120. The number of hydrogen-bond donors (Lipinski definition) is 2. The minimum absolute atomic E-state index is 0. The molecule has 0 bridgehead atoms. The number of ether oxygens (including phenoxy) is 2. The normalized spacial score (nSPS) is 11.3. The number of halogens is 1. The topological polar surface area (TPSA) is 58.1 Å². The maximum Gasteiger partial charge on any atom is 0.191 e. The van der Waals surface area contributed by atoms with Crippen molar-refractivity contribution in [2.24, 2.45) is 4.99 Å². The predicted molar refractivity (Wildman–Crippen MR) is 90.6 cm³/mol. The van der Waals surface area contributed by atoms with E-state index in [2.05, 4.69) is 27.6 Å². The molecule has 0 rings (SSSR count). The average Bonchev–Trinajstić information content (AvgIpc) is 2.37. The summed E-state index contributed by atoms with van der Waals surface area (Å²) >= 11 is 0. The average molecular weight is 388 g/mol. The third kappa shape index (κ3) is 14.1. The SMILES string of the molecule is CN=C(NCCOC)NCCN(C)CCCOC.I. The smallest absolute Gasteiger partial charge is 0.191 e. The maximum absolute atomic E-state index is 5.02. The Labute approximate surface area is 134 Å². The predicted octanol–water partition coefficient (Wildman–Crippen LogP) is 0.384. The van der Waals surface area contributed by atoms with Crippen molar-refractivity contribution < 1.29 is 9.47 Å². The van der Waals surface area contributed by atoms with Gasteiger partial charge in [0, 0.05) is 54.1 Å². The molecule has 116 valence electrons. The van der Waals surface area contributed by atoms with E-state index in [-0.39, 0.29) is 24.0 Å². The highest BCUT2D eigenvalue weighted by Gasteiger charge is 1.99. The van der Waals surface area contributed by atoms with E-state index in [1.165, 1.54) is 0 Å². The number of hydrogen-bond acceptors (Lipinski definition) is 4. The highest BCUT2D eigenvalue weighted by atomic mass is 127. The number of rotatable bonds is 10. The van der Waals surface area contributed by atoms with E-state index >= 15 is 0 Å². The molecule has 0 radical (unpaired) electrons. The van der Waals surface area contributed by atoms with Crippen LogP contribution in [-0.4, -0.2) is 78.6 Å². The zero-order chi connectivity index (χ0) is 13.6. The Balaban J connectivity index is 0. The first-order valence-corrected chi connectivity index (χ1v) is 6.35. The lowest BCUT2D eigenvalue weighted by Crippen LogP contribution is -2.42. The number of aliphatic imine (C=N–C) groups is 1. The minimum Gasteiger partial charge on any atom is -0.385 e. The van der Waals surface area contributed by atoms with Gasteiger partial charge in [0.15, 0.2) is 5.96 Å². The monoisotopic (exact) mass is 388 g/mol. The Kier molecular flexibility index (Phi) is 17.8. The highest BCUT2D eigenvalue weighted by molar-refractivity contribution is 14.0. The molecule has 0 aliphatic heterocycles. The molecule has 2 N–H and O–H groups in total. The van der Waals surface area contributed by atoms with E-state index in [0.29, 0.717) is 6.61 Å². The lowest BCUT2D eigenvalue weighted by atomic mass is 10.4. The molecule has 0 atom stereocenters. The van der Waals surface area contributed by atoms with Gasteiger partial charge in [-0.3, -0.25) is 4.99 Å². The molecule has 0 heterocycles. The van der Waals surface area contributed by atoms with Crippen LogP contribution in [0.1, 0.15) is 6.42 Å². The van der Waals surface area contributed by atoms with E-state index in [9.17, 15) is 0 Å². The van der Waals surface area contributed by atoms with Crippen molar-refractivity contribution in [2.75, 3.05) is 67.7 Å². The van der Waals surface area contributed by atoms with Crippen molar-refractivity contribution in [3.05, 3.63) is 0 Å². The summed E-state index contributed by atoms with van der Waals surface area (Å²) in [5.41, 5.74) is 0. The fourth-order valence-electron chi connectivity index (χ4n) is 1.45. The van der Waals surface area contributed by atoms with Crippen LogP contribution in [-0.2, 0) is 9.47 Å². The Bertz CT molecular complexity index is 218. The highest BCUT2D eigenvalue weighted by Crippen LogP contribution is 1.86. The number of guanidine groups is 1. The maximum atomic E-state index is 5.02. The molecule has 0 spiro atoms. The quantitative estimate of drug-likeness (QED) is 0.245. The molecule has 0 aromatic rings. The van der Waals surface area contributed by atoms with Gasteiger partial charge in [-0.25, -0.2) is 0 Å². The van der Waals surface area contributed by atoms with E-state index in [1.54, 1.807) is 21.3 Å². The Morgan fingerprint density at radius 1 is 1.05 bits per heavy atom. The van der Waals surface area contributed by atoms with Crippen LogP contribution in [0.2, 0.25) is 0 Å². The van der Waals surface area contributed by atoms with Crippen LogP contribution in [0.3, 0.4) is 0 Å². The lowest BCUT2D eigenvalue weighted by molar-refractivity contribution is 0.180. The molecule has 0 aliphatic carbocycles. The van der Waals surface area contributed by atoms with Gasteiger partial charge in [-0.05, 0) is 13.5 Å². The zero-order valence-electron chi connectivity index (χ0n) is 12.6. The third-order valence-electron chi connectivity index (χ3n) is 2.50. The van der Waals surface area contributed by atoms with Gasteiger partial charge in [0.25, 0.3) is 0 Å². The first kappa shape index (κ1) is 21.2. The first-order valence-electron chi connectivity index (χ1n) is 6.35. The van der Waals surface area contributed by atoms with Crippen molar-refractivity contribution in [1.29, 1.82) is 0 Å². The summed E-state index contributed by atoms with van der Waals surface area (Å²) < 4.78 is 9.99. The van der Waals surface area contributed by atoms with Gasteiger partial charge in [0.1, 0.15) is 0 Å². The van der Waals surface area contributed by atoms with Crippen molar-refractivity contribution in [2.45, 2.75) is 6.42 Å². The summed E-state index contributed by atoms with van der Waals surface area (Å²) in [6.45, 7) is 5.16. The molecule has 0 aromatic carbocycles. The second-order valence-corrected chi connectivity index (χ2v) is 4.07. The van der Waals surface area contributed by atoms with Gasteiger partial charge in [-0.2, -0.15) is 0 Å². The van der Waals surface area contributed by atoms with Crippen molar-refractivity contribution >= 4 is 29.9 Å². The fourth-order valence-corrected chi connectivity index (χ4v) is 1.45. The zero-order valence-corrected chi connectivity index (χ0v) is 14.9. The molecule has 0 aliphatic rings. The molecule has 0 saturated heterocycles. The lowest BCUT2D eigenvalue weighted by Gasteiger charge is -2.18. The van der Waals surface area contributed by atoms with Crippen molar-refractivity contribution in [1.82, 2.24) is 15.5 Å². The summed E-state index contributed by atoms with van der Waals surface area (Å²) in [4.78, 5) is 6.40. The number of nitrogens with one attached hydrogen (secondary N) is 2. The summed E-state index contributed by atoms with van der Waals surface area (Å²) in [5, 5.41) is 6.43. The second-order valence-electron chi connectivity index (χ2n) is 4.07. The molecule has 0 saturated carbocycles. The van der Waals surface area contributed by atoms with Crippen LogP contribution in [0.15, 0.2) is 4.99 Å². The largest absolute Gasteiger partial charge is 0.385 e. The molecule has 7 heteroatoms. The van der Waals surface area contributed by atoms with E-state index in [1.807, 2.05) is 0 Å². The van der Waals surface area contributed by atoms with Crippen LogP contribution in [0.25, 0.3) is 0 Å². The molecule has 6 nitrogen and oxygen atoms in total. The van der Waals surface area contributed by atoms with E-state index in [0.717, 1.165) is 45.2 Å². The van der Waals surface area contributed by atoms with Crippen LogP contribution in [0, 0.1) is 0 Å². The van der Waals surface area contributed by atoms with Gasteiger partial charge >= 0.3 is 0 Å². The molecule has 0 fully saturated rings. The third-order valence-corrected chi connectivity index (χ3v) is 2.50. The molecule has 19 heavy (non-hydrogen) atoms. The summed E-state index contributed by atoms with van der Waals surface area (Å²) in [7, 11) is 7.30. The minimum atomic E-state index is 0. The fraction of sp³-hybridized carbons (Fsp3) is 0.917. The second kappa shape index (κ2) is 15.9. The van der Waals surface area contributed by atoms with E-state index in [4.69, 9.17) is 9.47 Å². The Morgan fingerprint density at radius 2 is 1.68 bits per heavy atom. The molecule has 0 aromatic heterocycles. The van der Waals surface area contributed by atoms with Crippen LogP contribution >= 0.6 is 24.0 Å². The van der Waals surface area contributed by atoms with Gasteiger partial charge in [-0.1, -0.05) is 0 Å². The van der Waals surface area contributed by atoms with E-state index < -0.39 is 0 Å². The first-order chi connectivity index (χ1) is 8.74. The van der Waals surface area contributed by atoms with Gasteiger partial charge in [0.05, 0.1) is 6.61 Å². The molecular weight excluding hydrogens is 359 g/mol. The summed E-state index contributed by atoms with van der Waals surface area (Å²) in [6.07, 6.45) is 1.06. The number of methoxy groups -OCH3 is 2. The summed E-state index contributed by atoms with van der Waals surface area (Å²) in [5.74, 6) is 0.817. The molecule has 0 unspecified atom stereocenters. The van der Waals surface area contributed by atoms with Gasteiger partial charge < -0.3 is 25.0 Å². The van der Waals surface area contributed by atoms with Crippen LogP contribution in [0.4, 0.5) is 0 Å². The molecule has 0 amide bonds. The molecular formula is C12H29IN4O2. The number of nitrogens with zero attached hydrogens (tertiary/aromatic N) is 2. The standard InChI is InChI=1S/C12H28N4O2.HI/c1-13-12(15-7-11-18-4)14-6-9-16(2)8-5-10-17-3;/h5-11H2,1-4H3,(H2,13,14,15);1H. The Morgan fingerprint density at radius 3 is 2.26 bits per heavy atom. The summed E-state index contributed by atoms with van der Waals surface area (Å²) in [6, 6.07) is 0. The van der Waals surface area contributed by atoms with Gasteiger partial charge in [0.2, 0.25) is 0 Å². The van der Waals surface area contributed by atoms with Crippen molar-refractivity contribution in [3.8, 4) is 0 Å². The van der Waals surface area contributed by atoms with Crippen LogP contribution in [0.5, 0.6) is 0 Å². The van der Waals surface area contributed by atoms with Gasteiger partial charge in [-0.15, -0.1) is 24.0 Å².